The molecule has 0 radical (unpaired) electrons. The number of hydrogen-bond donors (Lipinski definition) is 1. The minimum absolute atomic E-state index is 0.0810. The topological polar surface area (TPSA) is 53.7 Å². The number of ether oxygens (including phenoxy) is 3. The van der Waals surface area contributed by atoms with Gasteiger partial charge in [-0.1, -0.05) is 0 Å². The highest BCUT2D eigenvalue weighted by atomic mass is 16.7. The van der Waals surface area contributed by atoms with Crippen molar-refractivity contribution in [2.75, 3.05) is 27.4 Å². The Morgan fingerprint density at radius 2 is 2.08 bits per heavy atom. The molecule has 4 nitrogen and oxygen atoms in total. The number of methoxy groups -OCH3 is 2. The van der Waals surface area contributed by atoms with Crippen molar-refractivity contribution in [1.82, 2.24) is 0 Å². The lowest BCUT2D eigenvalue weighted by molar-refractivity contribution is -0.125. The minimum atomic E-state index is -0.309. The maximum Gasteiger partial charge on any atom is 0.172 e. The van der Waals surface area contributed by atoms with Crippen LogP contribution in [0.4, 0.5) is 0 Å². The largest absolute Gasteiger partial charge is 0.381 e. The maximum absolute atomic E-state index is 5.91. The Labute approximate surface area is 73.0 Å². The summed E-state index contributed by atoms with van der Waals surface area (Å²) in [5.41, 5.74) is 5.91. The average Bonchev–Trinajstić information content (AvgIpc) is 2.58. The van der Waals surface area contributed by atoms with Crippen molar-refractivity contribution in [3.8, 4) is 0 Å². The monoisotopic (exact) mass is 175 g/mol. The molecule has 2 atom stereocenters. The van der Waals surface area contributed by atoms with Crippen LogP contribution in [0.2, 0.25) is 0 Å². The van der Waals surface area contributed by atoms with E-state index in [1.165, 1.54) is 0 Å². The molecule has 1 rings (SSSR count). The van der Waals surface area contributed by atoms with E-state index in [4.69, 9.17) is 19.9 Å². The molecule has 72 valence electrons. The van der Waals surface area contributed by atoms with Gasteiger partial charge in [-0.05, 0) is 6.42 Å². The Morgan fingerprint density at radius 3 is 2.50 bits per heavy atom. The van der Waals surface area contributed by atoms with Crippen molar-refractivity contribution < 1.29 is 14.2 Å². The van der Waals surface area contributed by atoms with Crippen molar-refractivity contribution in [3.05, 3.63) is 0 Å². The normalized spacial score (nSPS) is 26.5. The van der Waals surface area contributed by atoms with Crippen molar-refractivity contribution in [1.29, 1.82) is 0 Å². The van der Waals surface area contributed by atoms with E-state index in [2.05, 4.69) is 0 Å². The van der Waals surface area contributed by atoms with Gasteiger partial charge in [0, 0.05) is 26.7 Å². The van der Waals surface area contributed by atoms with Gasteiger partial charge in [0.05, 0.1) is 12.6 Å². The van der Waals surface area contributed by atoms with Crippen LogP contribution in [-0.4, -0.2) is 39.8 Å². The molecule has 0 aromatic rings. The second kappa shape index (κ2) is 4.77. The third-order valence-corrected chi connectivity index (χ3v) is 2.29. The Bertz CT molecular complexity index is 119. The summed E-state index contributed by atoms with van der Waals surface area (Å²) in [6.45, 7) is 1.53. The van der Waals surface area contributed by atoms with E-state index in [0.29, 0.717) is 5.92 Å². The molecule has 0 spiro atoms. The van der Waals surface area contributed by atoms with Crippen LogP contribution in [0.3, 0.4) is 0 Å². The third kappa shape index (κ3) is 2.17. The molecule has 2 unspecified atom stereocenters. The van der Waals surface area contributed by atoms with Crippen LogP contribution in [0.15, 0.2) is 0 Å². The fourth-order valence-electron chi connectivity index (χ4n) is 1.49. The van der Waals surface area contributed by atoms with Crippen LogP contribution in [0.5, 0.6) is 0 Å². The Kier molecular flexibility index (Phi) is 3.94. The van der Waals surface area contributed by atoms with Crippen LogP contribution in [0.1, 0.15) is 6.42 Å². The van der Waals surface area contributed by atoms with Gasteiger partial charge in [-0.3, -0.25) is 0 Å². The van der Waals surface area contributed by atoms with Crippen molar-refractivity contribution in [2.45, 2.75) is 18.8 Å². The molecule has 1 saturated heterocycles. The van der Waals surface area contributed by atoms with Crippen LogP contribution in [0, 0.1) is 5.92 Å². The summed E-state index contributed by atoms with van der Waals surface area (Å²) in [5, 5.41) is 0. The molecule has 1 aliphatic rings. The molecule has 0 bridgehead atoms. The number of nitrogens with two attached hydrogens (primary N) is 1. The van der Waals surface area contributed by atoms with Gasteiger partial charge in [0.2, 0.25) is 0 Å². The first kappa shape index (κ1) is 9.92. The van der Waals surface area contributed by atoms with E-state index in [1.807, 2.05) is 0 Å². The zero-order valence-electron chi connectivity index (χ0n) is 7.66. The highest BCUT2D eigenvalue weighted by Crippen LogP contribution is 2.18. The summed E-state index contributed by atoms with van der Waals surface area (Å²) in [6, 6.07) is -0.0810. The van der Waals surface area contributed by atoms with Gasteiger partial charge >= 0.3 is 0 Å². The Balaban J connectivity index is 2.37. The van der Waals surface area contributed by atoms with E-state index >= 15 is 0 Å². The SMILES string of the molecule is COC(OC)C(N)C1CCOC1. The van der Waals surface area contributed by atoms with Crippen molar-refractivity contribution in [2.24, 2.45) is 11.7 Å². The standard InChI is InChI=1S/C8H17NO3/c1-10-8(11-2)7(9)6-3-4-12-5-6/h6-8H,3-5,9H2,1-2H3. The lowest BCUT2D eigenvalue weighted by atomic mass is 9.99. The molecule has 2 N–H and O–H groups in total. The van der Waals surface area contributed by atoms with Crippen LogP contribution < -0.4 is 5.73 Å². The Morgan fingerprint density at radius 1 is 1.42 bits per heavy atom. The van der Waals surface area contributed by atoms with E-state index in [9.17, 15) is 0 Å². The van der Waals surface area contributed by atoms with Crippen LogP contribution in [0.25, 0.3) is 0 Å². The molecule has 12 heavy (non-hydrogen) atoms. The van der Waals surface area contributed by atoms with E-state index < -0.39 is 0 Å². The van der Waals surface area contributed by atoms with Crippen LogP contribution in [-0.2, 0) is 14.2 Å². The molecule has 0 aromatic heterocycles. The summed E-state index contributed by atoms with van der Waals surface area (Å²) in [4.78, 5) is 0. The predicted molar refractivity (Wildman–Crippen MR) is 44.7 cm³/mol. The molecule has 4 heteroatoms. The molecule has 0 saturated carbocycles. The van der Waals surface area contributed by atoms with Gasteiger partial charge in [-0.25, -0.2) is 0 Å². The van der Waals surface area contributed by atoms with E-state index in [-0.39, 0.29) is 12.3 Å². The van der Waals surface area contributed by atoms with Gasteiger partial charge in [0.25, 0.3) is 0 Å². The summed E-state index contributed by atoms with van der Waals surface area (Å²) in [5.74, 6) is 0.370. The third-order valence-electron chi connectivity index (χ3n) is 2.29. The first-order chi connectivity index (χ1) is 5.79. The maximum atomic E-state index is 5.91. The molecule has 1 aliphatic heterocycles. The van der Waals surface area contributed by atoms with Gasteiger partial charge in [-0.15, -0.1) is 0 Å². The van der Waals surface area contributed by atoms with Crippen molar-refractivity contribution >= 4 is 0 Å². The molecule has 1 heterocycles. The number of hydrogen-bond acceptors (Lipinski definition) is 4. The van der Waals surface area contributed by atoms with Gasteiger partial charge in [0.15, 0.2) is 6.29 Å². The summed E-state index contributed by atoms with van der Waals surface area (Å²) < 4.78 is 15.4. The van der Waals surface area contributed by atoms with E-state index in [0.717, 1.165) is 19.6 Å². The molecule has 0 amide bonds. The Hall–Kier alpha value is -0.160. The highest BCUT2D eigenvalue weighted by Gasteiger charge is 2.29. The fourth-order valence-corrected chi connectivity index (χ4v) is 1.49. The lowest BCUT2D eigenvalue weighted by Crippen LogP contribution is -2.43. The fraction of sp³-hybridized carbons (Fsp3) is 1.00. The van der Waals surface area contributed by atoms with Gasteiger partial charge in [0.1, 0.15) is 0 Å². The zero-order valence-corrected chi connectivity index (χ0v) is 7.66. The molecular formula is C8H17NO3. The molecule has 1 fully saturated rings. The predicted octanol–water partition coefficient (Wildman–Crippen LogP) is -0.0309. The lowest BCUT2D eigenvalue weighted by Gasteiger charge is -2.24. The van der Waals surface area contributed by atoms with Gasteiger partial charge < -0.3 is 19.9 Å². The smallest absolute Gasteiger partial charge is 0.172 e. The highest BCUT2D eigenvalue weighted by molar-refractivity contribution is 4.78. The first-order valence-electron chi connectivity index (χ1n) is 4.18. The number of rotatable bonds is 4. The first-order valence-corrected chi connectivity index (χ1v) is 4.18. The quantitative estimate of drug-likeness (QED) is 0.610. The average molecular weight is 175 g/mol. The van der Waals surface area contributed by atoms with Gasteiger partial charge in [-0.2, -0.15) is 0 Å². The van der Waals surface area contributed by atoms with E-state index in [1.54, 1.807) is 14.2 Å². The summed E-state index contributed by atoms with van der Waals surface area (Å²) in [7, 11) is 3.20. The molecule has 0 aliphatic carbocycles. The van der Waals surface area contributed by atoms with Crippen LogP contribution >= 0.6 is 0 Å². The summed E-state index contributed by atoms with van der Waals surface area (Å²) >= 11 is 0. The molecular weight excluding hydrogens is 158 g/mol. The molecule has 0 aromatic carbocycles. The second-order valence-electron chi connectivity index (χ2n) is 3.04. The zero-order chi connectivity index (χ0) is 8.97. The minimum Gasteiger partial charge on any atom is -0.381 e. The summed E-state index contributed by atoms with van der Waals surface area (Å²) in [6.07, 6.45) is 0.696. The second-order valence-corrected chi connectivity index (χ2v) is 3.04. The van der Waals surface area contributed by atoms with Crippen molar-refractivity contribution in [3.63, 3.8) is 0 Å².